The van der Waals surface area contributed by atoms with Crippen molar-refractivity contribution in [3.05, 3.63) is 23.8 Å². The summed E-state index contributed by atoms with van der Waals surface area (Å²) in [7, 11) is 3.17. The molecule has 35 heavy (non-hydrogen) atoms. The lowest BCUT2D eigenvalue weighted by atomic mass is 9.90. The highest BCUT2D eigenvalue weighted by molar-refractivity contribution is 5.95. The molecule has 0 N–H and O–H groups in total. The zero-order valence-corrected chi connectivity index (χ0v) is 22.0. The van der Waals surface area contributed by atoms with Gasteiger partial charge in [0.1, 0.15) is 11.9 Å². The summed E-state index contributed by atoms with van der Waals surface area (Å²) in [6.07, 6.45) is 1.59. The number of ether oxygens (including phenoxy) is 4. The Bertz CT molecular complexity index is 866. The molecule has 1 fully saturated rings. The molecule has 1 aromatic carbocycles. The largest absolute Gasteiger partial charge is 0.493 e. The third-order valence-electron chi connectivity index (χ3n) is 5.77. The number of nitrogens with zero attached hydrogens (tertiary/aromatic N) is 2. The summed E-state index contributed by atoms with van der Waals surface area (Å²) in [6, 6.07) is 4.36. The minimum absolute atomic E-state index is 0.207. The monoisotopic (exact) mass is 492 g/mol. The summed E-state index contributed by atoms with van der Waals surface area (Å²) in [4.78, 5) is 41.7. The molecule has 2 atom stereocenters. The normalized spacial score (nSPS) is 18.2. The predicted octanol–water partition coefficient (Wildman–Crippen LogP) is 3.79. The number of carbonyl (C=O) groups excluding carboxylic acids is 3. The highest BCUT2D eigenvalue weighted by Crippen LogP contribution is 2.31. The Morgan fingerprint density at radius 2 is 1.89 bits per heavy atom. The number of benzene rings is 1. The van der Waals surface area contributed by atoms with E-state index < -0.39 is 17.7 Å². The van der Waals surface area contributed by atoms with Crippen molar-refractivity contribution in [1.29, 1.82) is 0 Å². The summed E-state index contributed by atoms with van der Waals surface area (Å²) in [5.41, 5.74) is -0.218. The zero-order valence-electron chi connectivity index (χ0n) is 22.0. The van der Waals surface area contributed by atoms with E-state index >= 15 is 0 Å². The van der Waals surface area contributed by atoms with Crippen LogP contribution in [0.1, 0.15) is 57.8 Å². The van der Waals surface area contributed by atoms with Gasteiger partial charge in [0, 0.05) is 50.8 Å². The Hall–Kier alpha value is -2.81. The van der Waals surface area contributed by atoms with Gasteiger partial charge < -0.3 is 33.5 Å². The van der Waals surface area contributed by atoms with Crippen molar-refractivity contribution in [2.45, 2.75) is 65.1 Å². The lowest BCUT2D eigenvalue weighted by Gasteiger charge is -2.44. The van der Waals surface area contributed by atoms with E-state index in [0.717, 1.165) is 6.29 Å². The van der Waals surface area contributed by atoms with Gasteiger partial charge in [-0.3, -0.25) is 4.79 Å². The van der Waals surface area contributed by atoms with Gasteiger partial charge in [0.05, 0.1) is 19.8 Å². The van der Waals surface area contributed by atoms with Gasteiger partial charge in [0.15, 0.2) is 11.5 Å². The third kappa shape index (κ3) is 7.85. The number of methoxy groups -OCH3 is 2. The van der Waals surface area contributed by atoms with Crippen molar-refractivity contribution in [3.63, 3.8) is 0 Å². The van der Waals surface area contributed by atoms with Crippen LogP contribution >= 0.6 is 0 Å². The van der Waals surface area contributed by atoms with Gasteiger partial charge in [-0.05, 0) is 59.2 Å². The summed E-state index contributed by atoms with van der Waals surface area (Å²) in [5, 5.41) is 0. The third-order valence-corrected chi connectivity index (χ3v) is 5.77. The van der Waals surface area contributed by atoms with Crippen molar-refractivity contribution >= 4 is 18.3 Å². The molecule has 1 aliphatic heterocycles. The molecule has 196 valence electrons. The van der Waals surface area contributed by atoms with E-state index in [2.05, 4.69) is 0 Å². The first-order chi connectivity index (χ1) is 16.5. The Morgan fingerprint density at radius 3 is 2.46 bits per heavy atom. The lowest BCUT2D eigenvalue weighted by Crippen LogP contribution is -2.58. The fourth-order valence-electron chi connectivity index (χ4n) is 4.12. The fraction of sp³-hybridized carbons (Fsp3) is 0.654. The Kier molecular flexibility index (Phi) is 10.4. The molecule has 0 radical (unpaired) electrons. The summed E-state index contributed by atoms with van der Waals surface area (Å²) in [6.45, 7) is 10.8. The number of likely N-dealkylation sites (tertiary alicyclic amines) is 1. The van der Waals surface area contributed by atoms with Gasteiger partial charge in [-0.25, -0.2) is 4.79 Å². The van der Waals surface area contributed by atoms with Crippen molar-refractivity contribution in [1.82, 2.24) is 9.80 Å². The number of hydrogen-bond donors (Lipinski definition) is 0. The van der Waals surface area contributed by atoms with Crippen LogP contribution in [0.2, 0.25) is 0 Å². The molecule has 9 nitrogen and oxygen atoms in total. The first-order valence-corrected chi connectivity index (χ1v) is 12.1. The molecule has 0 bridgehead atoms. The second-order valence-corrected chi connectivity index (χ2v) is 9.95. The maximum absolute atomic E-state index is 13.7. The molecule has 0 aliphatic carbocycles. The topological polar surface area (TPSA) is 94.6 Å². The standard InChI is InChI=1S/C26H40N2O7/c1-18(2)28(21-16-27(12-11-20(21)17-29)25(31)35-26(3,4)5)24(30)19-9-10-22(33-7)23(15-19)34-14-8-13-32-6/h9-10,15,17-18,20-21H,8,11-14,16H2,1-7H3. The number of aldehydes is 1. The molecule has 1 saturated heterocycles. The van der Waals surface area contributed by atoms with E-state index in [1.807, 2.05) is 34.6 Å². The van der Waals surface area contributed by atoms with E-state index in [1.54, 1.807) is 42.2 Å². The van der Waals surface area contributed by atoms with Crippen LogP contribution in [-0.2, 0) is 14.3 Å². The quantitative estimate of drug-likeness (QED) is 0.362. The van der Waals surface area contributed by atoms with Crippen molar-refractivity contribution in [2.75, 3.05) is 40.5 Å². The highest BCUT2D eigenvalue weighted by atomic mass is 16.6. The predicted molar refractivity (Wildman–Crippen MR) is 132 cm³/mol. The van der Waals surface area contributed by atoms with Gasteiger partial charge in [-0.15, -0.1) is 0 Å². The smallest absolute Gasteiger partial charge is 0.410 e. The van der Waals surface area contributed by atoms with E-state index in [-0.39, 0.29) is 24.4 Å². The molecular weight excluding hydrogens is 452 g/mol. The molecule has 2 amide bonds. The van der Waals surface area contributed by atoms with E-state index in [0.29, 0.717) is 49.7 Å². The molecule has 1 heterocycles. The molecule has 1 aromatic rings. The van der Waals surface area contributed by atoms with Gasteiger partial charge in [0.25, 0.3) is 5.91 Å². The van der Waals surface area contributed by atoms with Crippen LogP contribution in [0.4, 0.5) is 4.79 Å². The average molecular weight is 493 g/mol. The molecule has 9 heteroatoms. The van der Waals surface area contributed by atoms with E-state index in [9.17, 15) is 14.4 Å². The number of carbonyl (C=O) groups is 3. The van der Waals surface area contributed by atoms with E-state index in [4.69, 9.17) is 18.9 Å². The van der Waals surface area contributed by atoms with Crippen LogP contribution in [0.3, 0.4) is 0 Å². The maximum Gasteiger partial charge on any atom is 0.410 e. The minimum Gasteiger partial charge on any atom is -0.493 e. The second-order valence-electron chi connectivity index (χ2n) is 9.95. The van der Waals surface area contributed by atoms with Gasteiger partial charge in [-0.2, -0.15) is 0 Å². The molecule has 0 saturated carbocycles. The van der Waals surface area contributed by atoms with Crippen molar-refractivity contribution < 1.29 is 33.3 Å². The lowest BCUT2D eigenvalue weighted by molar-refractivity contribution is -0.115. The maximum atomic E-state index is 13.7. The fourth-order valence-corrected chi connectivity index (χ4v) is 4.12. The van der Waals surface area contributed by atoms with Crippen LogP contribution in [0, 0.1) is 5.92 Å². The van der Waals surface area contributed by atoms with Crippen molar-refractivity contribution in [2.24, 2.45) is 5.92 Å². The SMILES string of the molecule is COCCCOc1cc(C(=O)N(C(C)C)C2CN(C(=O)OC(C)(C)C)CCC2C=O)ccc1OC. The zero-order chi connectivity index (χ0) is 26.2. The average Bonchev–Trinajstić information content (AvgIpc) is 2.80. The van der Waals surface area contributed by atoms with Gasteiger partial charge >= 0.3 is 6.09 Å². The van der Waals surface area contributed by atoms with E-state index in [1.165, 1.54) is 0 Å². The number of rotatable bonds is 10. The summed E-state index contributed by atoms with van der Waals surface area (Å²) in [5.74, 6) is 0.356. The van der Waals surface area contributed by atoms with Gasteiger partial charge in [-0.1, -0.05) is 0 Å². The molecule has 1 aliphatic rings. The second kappa shape index (κ2) is 12.8. The van der Waals surface area contributed by atoms with Crippen LogP contribution < -0.4 is 9.47 Å². The first kappa shape index (κ1) is 28.4. The number of amides is 2. The van der Waals surface area contributed by atoms with Crippen LogP contribution in [0.25, 0.3) is 0 Å². The molecular formula is C26H40N2O7. The first-order valence-electron chi connectivity index (χ1n) is 12.1. The van der Waals surface area contributed by atoms with Gasteiger partial charge in [0.2, 0.25) is 0 Å². The van der Waals surface area contributed by atoms with Crippen molar-refractivity contribution in [3.8, 4) is 11.5 Å². The number of piperidine rings is 1. The molecule has 0 spiro atoms. The molecule has 0 aromatic heterocycles. The molecule has 2 rings (SSSR count). The summed E-state index contributed by atoms with van der Waals surface area (Å²) >= 11 is 0. The Labute approximate surface area is 208 Å². The Balaban J connectivity index is 2.31. The minimum atomic E-state index is -0.635. The summed E-state index contributed by atoms with van der Waals surface area (Å²) < 4.78 is 21.8. The molecule has 2 unspecified atom stereocenters. The number of hydrogen-bond acceptors (Lipinski definition) is 7. The highest BCUT2D eigenvalue weighted by Gasteiger charge is 2.40. The Morgan fingerprint density at radius 1 is 1.17 bits per heavy atom. The van der Waals surface area contributed by atoms with Crippen LogP contribution in [0.5, 0.6) is 11.5 Å². The van der Waals surface area contributed by atoms with Crippen LogP contribution in [-0.4, -0.2) is 86.3 Å². The van der Waals surface area contributed by atoms with Crippen LogP contribution in [0.15, 0.2) is 18.2 Å².